The summed E-state index contributed by atoms with van der Waals surface area (Å²) in [6.07, 6.45) is 3.07. The smallest absolute Gasteiger partial charge is 0.152 e. The van der Waals surface area contributed by atoms with Gasteiger partial charge in [-0.05, 0) is 33.8 Å². The van der Waals surface area contributed by atoms with E-state index in [1.807, 2.05) is 20.8 Å². The Labute approximate surface area is 73.3 Å². The SMILES string of the molecule is CC(=O)/C=C/COOC(C)(C)C. The van der Waals surface area contributed by atoms with Crippen molar-refractivity contribution in [1.29, 1.82) is 0 Å². The van der Waals surface area contributed by atoms with Gasteiger partial charge in [0.25, 0.3) is 0 Å². The minimum Gasteiger partial charge on any atom is -0.295 e. The molecule has 0 fully saturated rings. The highest BCUT2D eigenvalue weighted by Crippen LogP contribution is 2.06. The van der Waals surface area contributed by atoms with Crippen molar-refractivity contribution in [2.45, 2.75) is 33.3 Å². The quantitative estimate of drug-likeness (QED) is 0.281. The topological polar surface area (TPSA) is 35.5 Å². The minimum absolute atomic E-state index is 0.00867. The number of hydrogen-bond donors (Lipinski definition) is 0. The van der Waals surface area contributed by atoms with Crippen LogP contribution in [-0.2, 0) is 14.6 Å². The number of carbonyl (C=O) groups excluding carboxylic acids is 1. The normalized spacial score (nSPS) is 12.3. The molecule has 0 radical (unpaired) electrons. The Hall–Kier alpha value is -0.670. The predicted molar refractivity (Wildman–Crippen MR) is 46.6 cm³/mol. The Bertz CT molecular complexity index is 165. The second-order valence-electron chi connectivity index (χ2n) is 3.49. The molecule has 0 atom stereocenters. The molecule has 12 heavy (non-hydrogen) atoms. The highest BCUT2D eigenvalue weighted by molar-refractivity contribution is 5.87. The first-order valence-corrected chi connectivity index (χ1v) is 3.89. The maximum absolute atomic E-state index is 10.4. The Kier molecular flexibility index (Phi) is 4.78. The van der Waals surface area contributed by atoms with E-state index in [-0.39, 0.29) is 11.4 Å². The summed E-state index contributed by atoms with van der Waals surface area (Å²) in [5.74, 6) is 0.00867. The summed E-state index contributed by atoms with van der Waals surface area (Å²) < 4.78 is 0. The van der Waals surface area contributed by atoms with E-state index in [0.29, 0.717) is 6.61 Å². The lowest BCUT2D eigenvalue weighted by Gasteiger charge is -2.16. The van der Waals surface area contributed by atoms with Gasteiger partial charge in [-0.15, -0.1) is 0 Å². The molecule has 0 aromatic heterocycles. The summed E-state index contributed by atoms with van der Waals surface area (Å²) >= 11 is 0. The molecule has 0 amide bonds. The Morgan fingerprint density at radius 2 is 2.00 bits per heavy atom. The Morgan fingerprint density at radius 3 is 2.42 bits per heavy atom. The van der Waals surface area contributed by atoms with Crippen LogP contribution < -0.4 is 0 Å². The van der Waals surface area contributed by atoms with E-state index < -0.39 is 0 Å². The zero-order valence-electron chi connectivity index (χ0n) is 8.09. The molecule has 0 rings (SSSR count). The monoisotopic (exact) mass is 172 g/mol. The van der Waals surface area contributed by atoms with E-state index in [0.717, 1.165) is 0 Å². The molecule has 0 aliphatic carbocycles. The van der Waals surface area contributed by atoms with Crippen LogP contribution in [0.4, 0.5) is 0 Å². The van der Waals surface area contributed by atoms with Crippen molar-refractivity contribution >= 4 is 5.78 Å². The first-order valence-electron chi connectivity index (χ1n) is 3.89. The van der Waals surface area contributed by atoms with Gasteiger partial charge >= 0.3 is 0 Å². The fraction of sp³-hybridized carbons (Fsp3) is 0.667. The second-order valence-corrected chi connectivity index (χ2v) is 3.49. The van der Waals surface area contributed by atoms with Crippen molar-refractivity contribution in [2.24, 2.45) is 0 Å². The summed E-state index contributed by atoms with van der Waals surface area (Å²) in [6.45, 7) is 7.46. The Morgan fingerprint density at radius 1 is 1.42 bits per heavy atom. The lowest BCUT2D eigenvalue weighted by Crippen LogP contribution is -2.19. The summed E-state index contributed by atoms with van der Waals surface area (Å²) in [5.41, 5.74) is -0.302. The average Bonchev–Trinajstić information content (AvgIpc) is 1.83. The Balaban J connectivity index is 3.40. The largest absolute Gasteiger partial charge is 0.295 e. The number of hydrogen-bond acceptors (Lipinski definition) is 3. The van der Waals surface area contributed by atoms with Gasteiger partial charge in [-0.2, -0.15) is 0 Å². The highest BCUT2D eigenvalue weighted by Gasteiger charge is 2.10. The molecule has 0 spiro atoms. The molecule has 70 valence electrons. The van der Waals surface area contributed by atoms with Crippen LogP contribution in [0.3, 0.4) is 0 Å². The molecule has 0 bridgehead atoms. The minimum atomic E-state index is -0.302. The molecule has 3 heteroatoms. The average molecular weight is 172 g/mol. The van der Waals surface area contributed by atoms with Crippen molar-refractivity contribution < 1.29 is 14.6 Å². The van der Waals surface area contributed by atoms with Crippen LogP contribution in [-0.4, -0.2) is 18.0 Å². The van der Waals surface area contributed by atoms with Gasteiger partial charge < -0.3 is 0 Å². The van der Waals surface area contributed by atoms with E-state index in [1.165, 1.54) is 13.0 Å². The van der Waals surface area contributed by atoms with Gasteiger partial charge in [0, 0.05) is 0 Å². The predicted octanol–water partition coefficient (Wildman–Crippen LogP) is 1.88. The highest BCUT2D eigenvalue weighted by atomic mass is 17.2. The van der Waals surface area contributed by atoms with Crippen LogP contribution in [0.25, 0.3) is 0 Å². The van der Waals surface area contributed by atoms with Crippen LogP contribution in [0.5, 0.6) is 0 Å². The molecule has 0 heterocycles. The molecular weight excluding hydrogens is 156 g/mol. The van der Waals surface area contributed by atoms with E-state index in [4.69, 9.17) is 9.78 Å². The van der Waals surface area contributed by atoms with Gasteiger partial charge in [-0.1, -0.05) is 6.08 Å². The second kappa shape index (κ2) is 5.06. The van der Waals surface area contributed by atoms with Crippen molar-refractivity contribution in [3.05, 3.63) is 12.2 Å². The first-order chi connectivity index (χ1) is 5.42. The van der Waals surface area contributed by atoms with Crippen LogP contribution in [0.1, 0.15) is 27.7 Å². The van der Waals surface area contributed by atoms with Crippen molar-refractivity contribution in [1.82, 2.24) is 0 Å². The molecule has 0 aliphatic heterocycles. The molecule has 0 unspecified atom stereocenters. The van der Waals surface area contributed by atoms with Gasteiger partial charge in [0.2, 0.25) is 0 Å². The van der Waals surface area contributed by atoms with Gasteiger partial charge in [0.05, 0.1) is 5.60 Å². The third-order valence-electron chi connectivity index (χ3n) is 0.826. The maximum Gasteiger partial charge on any atom is 0.152 e. The molecule has 0 saturated carbocycles. The van der Waals surface area contributed by atoms with Crippen LogP contribution in [0.15, 0.2) is 12.2 Å². The zero-order valence-corrected chi connectivity index (χ0v) is 8.09. The lowest BCUT2D eigenvalue weighted by molar-refractivity contribution is -0.341. The number of carbonyl (C=O) groups is 1. The summed E-state index contributed by atoms with van der Waals surface area (Å²) in [7, 11) is 0. The third-order valence-corrected chi connectivity index (χ3v) is 0.826. The van der Waals surface area contributed by atoms with Crippen molar-refractivity contribution in [3.8, 4) is 0 Å². The molecule has 0 N–H and O–H groups in total. The summed E-state index contributed by atoms with van der Waals surface area (Å²) in [5, 5.41) is 0. The van der Waals surface area contributed by atoms with Gasteiger partial charge in [0.15, 0.2) is 5.78 Å². The number of ketones is 1. The van der Waals surface area contributed by atoms with E-state index in [9.17, 15) is 4.79 Å². The summed E-state index contributed by atoms with van der Waals surface area (Å²) in [6, 6.07) is 0. The molecule has 0 aliphatic rings. The van der Waals surface area contributed by atoms with Crippen LogP contribution in [0.2, 0.25) is 0 Å². The fourth-order valence-electron chi connectivity index (χ4n) is 0.464. The molecule has 3 nitrogen and oxygen atoms in total. The fourth-order valence-corrected chi connectivity index (χ4v) is 0.464. The van der Waals surface area contributed by atoms with E-state index in [1.54, 1.807) is 6.08 Å². The van der Waals surface area contributed by atoms with E-state index >= 15 is 0 Å². The zero-order chi connectivity index (χ0) is 9.61. The number of rotatable bonds is 4. The standard InChI is InChI=1S/C9H16O3/c1-8(10)6-5-7-11-12-9(2,3)4/h5-6H,7H2,1-4H3/b6-5+. The van der Waals surface area contributed by atoms with Gasteiger partial charge in [-0.25, -0.2) is 9.78 Å². The molecule has 0 aromatic rings. The summed E-state index contributed by atoms with van der Waals surface area (Å²) in [4.78, 5) is 20.2. The molecule has 0 aromatic carbocycles. The van der Waals surface area contributed by atoms with Gasteiger partial charge in [-0.3, -0.25) is 4.79 Å². The van der Waals surface area contributed by atoms with Crippen LogP contribution in [0, 0.1) is 0 Å². The third kappa shape index (κ3) is 9.33. The van der Waals surface area contributed by atoms with Crippen molar-refractivity contribution in [3.63, 3.8) is 0 Å². The first kappa shape index (κ1) is 11.3. The molecule has 0 saturated heterocycles. The van der Waals surface area contributed by atoms with Crippen LogP contribution >= 0.6 is 0 Å². The van der Waals surface area contributed by atoms with Crippen molar-refractivity contribution in [2.75, 3.05) is 6.61 Å². The maximum atomic E-state index is 10.4. The lowest BCUT2D eigenvalue weighted by atomic mass is 10.2. The van der Waals surface area contributed by atoms with Gasteiger partial charge in [0.1, 0.15) is 6.61 Å². The molecular formula is C9H16O3. The van der Waals surface area contributed by atoms with E-state index in [2.05, 4.69) is 0 Å². The number of allylic oxidation sites excluding steroid dienone is 1.